The van der Waals surface area contributed by atoms with Crippen LogP contribution in [0, 0.1) is 17.8 Å². The molecule has 0 unspecified atom stereocenters. The molecule has 0 N–H and O–H groups in total. The fraction of sp³-hybridized carbons (Fsp3) is 1.00. The first-order valence-corrected chi connectivity index (χ1v) is 14.4. The maximum Gasteiger partial charge on any atom is 0.0575 e. The van der Waals surface area contributed by atoms with E-state index in [1.54, 1.807) is 0 Å². The van der Waals surface area contributed by atoms with Crippen molar-refractivity contribution in [2.24, 2.45) is 17.8 Å². The Bertz CT molecular complexity index is 363. The summed E-state index contributed by atoms with van der Waals surface area (Å²) < 4.78 is 6.24. The molecule has 1 nitrogen and oxygen atoms in total. The second kappa shape index (κ2) is 17.5. The summed E-state index contributed by atoms with van der Waals surface area (Å²) >= 11 is 0. The van der Waals surface area contributed by atoms with Crippen molar-refractivity contribution >= 4 is 0 Å². The molecule has 30 heavy (non-hydrogen) atoms. The molecule has 2 saturated carbocycles. The minimum atomic E-state index is 0.588. The lowest BCUT2D eigenvalue weighted by atomic mass is 9.70. The molecule has 0 saturated heterocycles. The van der Waals surface area contributed by atoms with Gasteiger partial charge in [-0.05, 0) is 62.7 Å². The van der Waals surface area contributed by atoms with Gasteiger partial charge in [-0.15, -0.1) is 0 Å². The molecular weight excluding hydrogens is 364 g/mol. The van der Waals surface area contributed by atoms with Gasteiger partial charge in [0.2, 0.25) is 0 Å². The van der Waals surface area contributed by atoms with Gasteiger partial charge < -0.3 is 4.74 Å². The Labute approximate surface area is 190 Å². The number of hydrogen-bond acceptors (Lipinski definition) is 1. The molecule has 0 aromatic carbocycles. The smallest absolute Gasteiger partial charge is 0.0575 e. The minimum absolute atomic E-state index is 0.588. The van der Waals surface area contributed by atoms with Crippen LogP contribution >= 0.6 is 0 Å². The van der Waals surface area contributed by atoms with E-state index < -0.39 is 0 Å². The molecule has 0 amide bonds. The normalized spacial score (nSPS) is 27.4. The Balaban J connectivity index is 1.43. The highest BCUT2D eigenvalue weighted by Gasteiger charge is 2.30. The highest BCUT2D eigenvalue weighted by molar-refractivity contribution is 4.82. The molecule has 0 heterocycles. The summed E-state index contributed by atoms with van der Waals surface area (Å²) in [5, 5.41) is 0. The summed E-state index contributed by atoms with van der Waals surface area (Å²) in [5.74, 6) is 3.14. The summed E-state index contributed by atoms with van der Waals surface area (Å²) in [6, 6.07) is 0. The number of hydrogen-bond donors (Lipinski definition) is 0. The lowest BCUT2D eigenvalue weighted by Crippen LogP contribution is -2.28. The van der Waals surface area contributed by atoms with E-state index in [0.717, 1.165) is 24.4 Å². The fourth-order valence-electron chi connectivity index (χ4n) is 6.20. The van der Waals surface area contributed by atoms with Crippen LogP contribution in [-0.2, 0) is 4.74 Å². The zero-order chi connectivity index (χ0) is 21.3. The fourth-order valence-corrected chi connectivity index (χ4v) is 6.20. The van der Waals surface area contributed by atoms with E-state index in [-0.39, 0.29) is 0 Å². The Morgan fingerprint density at radius 1 is 0.500 bits per heavy atom. The average molecular weight is 421 g/mol. The Morgan fingerprint density at radius 3 is 1.53 bits per heavy atom. The van der Waals surface area contributed by atoms with Crippen molar-refractivity contribution in [3.8, 4) is 0 Å². The van der Waals surface area contributed by atoms with Crippen molar-refractivity contribution in [1.29, 1.82) is 0 Å². The summed E-state index contributed by atoms with van der Waals surface area (Å²) in [5.41, 5.74) is 0. The third-order valence-electron chi connectivity index (χ3n) is 8.34. The molecule has 178 valence electrons. The molecule has 2 aliphatic rings. The molecule has 0 aromatic heterocycles. The van der Waals surface area contributed by atoms with Crippen LogP contribution in [0.25, 0.3) is 0 Å². The maximum atomic E-state index is 6.24. The molecule has 2 aliphatic carbocycles. The molecule has 0 aliphatic heterocycles. The molecule has 2 rings (SSSR count). The van der Waals surface area contributed by atoms with Crippen LogP contribution in [0.15, 0.2) is 0 Å². The van der Waals surface area contributed by atoms with Gasteiger partial charge in [0.25, 0.3) is 0 Å². The van der Waals surface area contributed by atoms with E-state index in [1.807, 2.05) is 0 Å². The molecular formula is C29H56O. The maximum absolute atomic E-state index is 6.24. The number of ether oxygens (including phenoxy) is 1. The van der Waals surface area contributed by atoms with Gasteiger partial charge in [-0.1, -0.05) is 110 Å². The van der Waals surface area contributed by atoms with Gasteiger partial charge in [-0.3, -0.25) is 0 Å². The predicted molar refractivity (Wildman–Crippen MR) is 133 cm³/mol. The monoisotopic (exact) mass is 420 g/mol. The van der Waals surface area contributed by atoms with Gasteiger partial charge in [-0.25, -0.2) is 0 Å². The summed E-state index contributed by atoms with van der Waals surface area (Å²) in [6.45, 7) is 5.63. The van der Waals surface area contributed by atoms with Crippen LogP contribution in [0.3, 0.4) is 0 Å². The van der Waals surface area contributed by atoms with Crippen LogP contribution < -0.4 is 0 Å². The van der Waals surface area contributed by atoms with Gasteiger partial charge in [-0.2, -0.15) is 0 Å². The van der Waals surface area contributed by atoms with Crippen molar-refractivity contribution in [1.82, 2.24) is 0 Å². The highest BCUT2D eigenvalue weighted by Crippen LogP contribution is 2.41. The molecule has 0 atom stereocenters. The largest absolute Gasteiger partial charge is 0.378 e. The van der Waals surface area contributed by atoms with Crippen molar-refractivity contribution < 1.29 is 4.74 Å². The van der Waals surface area contributed by atoms with Gasteiger partial charge in [0, 0.05) is 6.61 Å². The van der Waals surface area contributed by atoms with Gasteiger partial charge >= 0.3 is 0 Å². The second-order valence-electron chi connectivity index (χ2n) is 10.9. The third-order valence-corrected chi connectivity index (χ3v) is 8.34. The van der Waals surface area contributed by atoms with Crippen LogP contribution in [0.1, 0.15) is 155 Å². The molecule has 0 bridgehead atoms. The second-order valence-corrected chi connectivity index (χ2v) is 10.9. The van der Waals surface area contributed by atoms with Gasteiger partial charge in [0.15, 0.2) is 0 Å². The van der Waals surface area contributed by atoms with Crippen LogP contribution in [0.4, 0.5) is 0 Å². The SMILES string of the molecule is CCCCCCCCCO[C@H]1CC[C@H](C2CCC(CCCCCCCC)CC2)CC1. The van der Waals surface area contributed by atoms with Gasteiger partial charge in [0.05, 0.1) is 6.10 Å². The van der Waals surface area contributed by atoms with E-state index in [9.17, 15) is 0 Å². The van der Waals surface area contributed by atoms with Crippen molar-refractivity contribution in [2.45, 2.75) is 161 Å². The number of unbranched alkanes of at least 4 members (excludes halogenated alkanes) is 11. The van der Waals surface area contributed by atoms with Crippen molar-refractivity contribution in [3.63, 3.8) is 0 Å². The van der Waals surface area contributed by atoms with Crippen LogP contribution in [0.2, 0.25) is 0 Å². The molecule has 2 fully saturated rings. The Kier molecular flexibility index (Phi) is 15.3. The summed E-state index contributed by atoms with van der Waals surface area (Å²) in [4.78, 5) is 0. The standard InChI is InChI=1S/C29H56O/c1-3-5-7-9-11-13-15-25-30-29-23-21-28(22-24-29)27-19-17-26(18-20-27)16-14-12-10-8-6-4-2/h26-29H,3-25H2,1-2H3/t26?,27?,28-,29-. The zero-order valence-electron chi connectivity index (χ0n) is 21.0. The van der Waals surface area contributed by atoms with E-state index in [4.69, 9.17) is 4.74 Å². The topological polar surface area (TPSA) is 9.23 Å². The van der Waals surface area contributed by atoms with E-state index in [1.165, 1.54) is 141 Å². The highest BCUT2D eigenvalue weighted by atomic mass is 16.5. The van der Waals surface area contributed by atoms with E-state index in [0.29, 0.717) is 6.10 Å². The molecule has 0 spiro atoms. The zero-order valence-corrected chi connectivity index (χ0v) is 21.0. The van der Waals surface area contributed by atoms with E-state index in [2.05, 4.69) is 13.8 Å². The average Bonchev–Trinajstić information content (AvgIpc) is 2.79. The Hall–Kier alpha value is -0.0400. The van der Waals surface area contributed by atoms with Crippen molar-refractivity contribution in [2.75, 3.05) is 6.61 Å². The van der Waals surface area contributed by atoms with E-state index >= 15 is 0 Å². The predicted octanol–water partition coefficient (Wildman–Crippen LogP) is 9.87. The first-order chi connectivity index (χ1) is 14.8. The van der Waals surface area contributed by atoms with Gasteiger partial charge in [0.1, 0.15) is 0 Å². The van der Waals surface area contributed by atoms with Crippen LogP contribution in [-0.4, -0.2) is 12.7 Å². The minimum Gasteiger partial charge on any atom is -0.378 e. The summed E-state index contributed by atoms with van der Waals surface area (Å²) in [7, 11) is 0. The lowest BCUT2D eigenvalue weighted by Gasteiger charge is -2.38. The number of rotatable bonds is 17. The third kappa shape index (κ3) is 11.5. The quantitative estimate of drug-likeness (QED) is 0.213. The molecule has 0 radical (unpaired) electrons. The first kappa shape index (κ1) is 26.2. The van der Waals surface area contributed by atoms with Crippen LogP contribution in [0.5, 0.6) is 0 Å². The summed E-state index contributed by atoms with van der Waals surface area (Å²) in [6.07, 6.45) is 32.3. The molecule has 1 heteroatoms. The first-order valence-electron chi connectivity index (χ1n) is 14.4. The molecule has 0 aromatic rings. The van der Waals surface area contributed by atoms with Crippen molar-refractivity contribution in [3.05, 3.63) is 0 Å². The lowest BCUT2D eigenvalue weighted by molar-refractivity contribution is 0.00526. The Morgan fingerprint density at radius 2 is 0.967 bits per heavy atom.